The zero-order valence-corrected chi connectivity index (χ0v) is 23.7. The van der Waals surface area contributed by atoms with Gasteiger partial charge in [-0.3, -0.25) is 4.79 Å². The minimum Gasteiger partial charge on any atom is -0.466 e. The van der Waals surface area contributed by atoms with E-state index in [4.69, 9.17) is 14.3 Å². The van der Waals surface area contributed by atoms with Gasteiger partial charge in [-0.15, -0.1) is 9.24 Å². The largest absolute Gasteiger partial charge is 0.466 e. The summed E-state index contributed by atoms with van der Waals surface area (Å²) in [6, 6.07) is 12.8. The predicted octanol–water partition coefficient (Wildman–Crippen LogP) is 3.89. The Morgan fingerprint density at radius 1 is 1.18 bits per heavy atom. The van der Waals surface area contributed by atoms with Crippen molar-refractivity contribution in [1.82, 2.24) is 10.2 Å². The van der Waals surface area contributed by atoms with Crippen molar-refractivity contribution in [2.75, 3.05) is 38.3 Å². The Morgan fingerprint density at radius 2 is 1.97 bits per heavy atom. The summed E-state index contributed by atoms with van der Waals surface area (Å²) >= 11 is 0. The molecule has 0 saturated carbocycles. The third kappa shape index (κ3) is 5.23. The van der Waals surface area contributed by atoms with Gasteiger partial charge in [-0.25, -0.2) is 13.8 Å². The van der Waals surface area contributed by atoms with E-state index in [1.165, 1.54) is 12.1 Å². The van der Waals surface area contributed by atoms with Crippen LogP contribution in [0.15, 0.2) is 58.0 Å². The summed E-state index contributed by atoms with van der Waals surface area (Å²) in [6.07, 6.45) is -0.165. The van der Waals surface area contributed by atoms with Crippen LogP contribution in [0, 0.1) is 25.5 Å². The average molecular weight is 555 g/mol. The number of rotatable bonds is 6. The molecule has 1 fully saturated rings. The van der Waals surface area contributed by atoms with Gasteiger partial charge in [0.15, 0.2) is 5.54 Å². The molecule has 5 rings (SSSR count). The van der Waals surface area contributed by atoms with Gasteiger partial charge >= 0.3 is 0 Å². The lowest BCUT2D eigenvalue weighted by atomic mass is 9.78. The van der Waals surface area contributed by atoms with Crippen LogP contribution >= 0.6 is 9.24 Å². The van der Waals surface area contributed by atoms with E-state index < -0.39 is 23.1 Å². The van der Waals surface area contributed by atoms with Gasteiger partial charge in [-0.2, -0.15) is 5.10 Å². The van der Waals surface area contributed by atoms with Gasteiger partial charge in [0.05, 0.1) is 30.0 Å². The number of anilines is 1. The lowest BCUT2D eigenvalue weighted by Crippen LogP contribution is -2.59. The highest BCUT2D eigenvalue weighted by Crippen LogP contribution is 2.45. The summed E-state index contributed by atoms with van der Waals surface area (Å²) < 4.78 is 41.0. The minimum absolute atomic E-state index is 0.103. The maximum atomic E-state index is 15.2. The van der Waals surface area contributed by atoms with Crippen molar-refractivity contribution in [2.45, 2.75) is 38.3 Å². The molecule has 4 unspecified atom stereocenters. The molecule has 2 aliphatic heterocycles. The number of aryl methyl sites for hydroxylation is 2. The van der Waals surface area contributed by atoms with Gasteiger partial charge in [0, 0.05) is 31.3 Å². The Bertz CT molecular complexity index is 1430. The molecule has 3 heterocycles. The van der Waals surface area contributed by atoms with Gasteiger partial charge in [0.1, 0.15) is 23.2 Å². The van der Waals surface area contributed by atoms with Crippen molar-refractivity contribution in [2.24, 2.45) is 5.10 Å². The van der Waals surface area contributed by atoms with E-state index in [0.717, 1.165) is 23.5 Å². The van der Waals surface area contributed by atoms with Crippen molar-refractivity contribution in [3.63, 3.8) is 0 Å². The van der Waals surface area contributed by atoms with E-state index in [0.29, 0.717) is 36.9 Å². The third-order valence-electron chi connectivity index (χ3n) is 7.44. The average Bonchev–Trinajstić information content (AvgIpc) is 3.43. The second-order valence-corrected chi connectivity index (χ2v) is 11.1. The van der Waals surface area contributed by atoms with Crippen LogP contribution in [0.4, 0.5) is 14.5 Å². The number of carbonyl (C=O) groups is 1. The highest BCUT2D eigenvalue weighted by molar-refractivity contribution is 7.28. The van der Waals surface area contributed by atoms with E-state index in [-0.39, 0.29) is 23.3 Å². The van der Waals surface area contributed by atoms with Crippen LogP contribution in [0.1, 0.15) is 35.5 Å². The number of furan rings is 1. The zero-order chi connectivity index (χ0) is 27.9. The Hall–Kier alpha value is -3.13. The molecule has 1 N–H and O–H groups in total. The fraction of sp³-hybridized carbons (Fsp3) is 0.379. The smallest absolute Gasteiger partial charge is 0.249 e. The van der Waals surface area contributed by atoms with E-state index >= 15 is 4.39 Å². The number of nitrogens with zero attached hydrogens (tertiary/aromatic N) is 3. The molecule has 0 bridgehead atoms. The molecule has 10 heteroatoms. The second-order valence-electron chi connectivity index (χ2n) is 10.5. The maximum Gasteiger partial charge on any atom is 0.249 e. The van der Waals surface area contributed by atoms with Crippen LogP contribution in [0.5, 0.6) is 0 Å². The number of nitrogens with one attached hydrogen (secondary N) is 1. The van der Waals surface area contributed by atoms with Crippen molar-refractivity contribution < 1.29 is 22.7 Å². The van der Waals surface area contributed by atoms with Crippen LogP contribution in [-0.2, 0) is 9.53 Å². The Labute approximate surface area is 229 Å². The van der Waals surface area contributed by atoms with Gasteiger partial charge < -0.3 is 19.4 Å². The Balaban J connectivity index is 1.63. The molecule has 3 aromatic rings. The van der Waals surface area contributed by atoms with Crippen LogP contribution in [0.3, 0.4) is 0 Å². The van der Waals surface area contributed by atoms with Crippen LogP contribution in [0.25, 0.3) is 0 Å². The van der Waals surface area contributed by atoms with Crippen LogP contribution in [-0.4, -0.2) is 61.5 Å². The number of hydrazone groups is 1. The number of benzene rings is 2. The number of morpholine rings is 1. The van der Waals surface area contributed by atoms with Crippen molar-refractivity contribution in [1.29, 1.82) is 0 Å². The molecule has 206 valence electrons. The molecule has 2 aromatic carbocycles. The van der Waals surface area contributed by atoms with E-state index in [1.807, 2.05) is 32.2 Å². The monoisotopic (exact) mass is 554 g/mol. The number of hydrogen-bond donors (Lipinski definition) is 1. The fourth-order valence-electron chi connectivity index (χ4n) is 5.36. The molecular weight excluding hydrogens is 521 g/mol. The molecule has 7 nitrogen and oxygen atoms in total. The first-order valence-corrected chi connectivity index (χ1v) is 13.5. The fourth-order valence-corrected chi connectivity index (χ4v) is 5.84. The van der Waals surface area contributed by atoms with E-state index in [9.17, 15) is 9.18 Å². The molecule has 2 aliphatic rings. The SMILES string of the molecule is Cc1ccc(N2N=C(c3ccc(F)cc3F)C(c3ccc(C)o3)C2(C)C(=O)NCC2CN(C)CCO2)c(P)c1. The third-order valence-corrected chi connectivity index (χ3v) is 7.90. The van der Waals surface area contributed by atoms with Gasteiger partial charge in [0.2, 0.25) is 5.91 Å². The first-order chi connectivity index (χ1) is 18.6. The minimum atomic E-state index is -1.36. The Morgan fingerprint density at radius 3 is 2.64 bits per heavy atom. The normalized spacial score (nSPS) is 23.7. The molecule has 0 aliphatic carbocycles. The highest BCUT2D eigenvalue weighted by atomic mass is 31.0. The number of amides is 1. The maximum absolute atomic E-state index is 15.2. The first-order valence-electron chi connectivity index (χ1n) is 12.9. The lowest BCUT2D eigenvalue weighted by Gasteiger charge is -2.38. The molecule has 4 atom stereocenters. The van der Waals surface area contributed by atoms with Crippen molar-refractivity contribution >= 4 is 31.9 Å². The number of likely N-dealkylation sites (N-methyl/N-ethyl adjacent to an activating group) is 1. The highest BCUT2D eigenvalue weighted by Gasteiger charge is 2.56. The second kappa shape index (κ2) is 10.8. The number of halogens is 2. The molecule has 1 amide bonds. The molecule has 1 aromatic heterocycles. The molecule has 0 spiro atoms. The first kappa shape index (κ1) is 27.4. The molecule has 0 radical (unpaired) electrons. The zero-order valence-electron chi connectivity index (χ0n) is 22.5. The molecular formula is C29H33F2N4O3P. The standard InChI is InChI=1S/C29H33F2N4O3P/c1-17-5-9-23(25(39)13-17)35-29(3,28(36)32-15-20-16-34(4)11-12-37-20)26(24-10-6-18(2)38-24)27(33-35)21-8-7-19(30)14-22(21)31/h5-10,13-14,20,26H,11-12,15-16,39H2,1-4H3,(H,32,36). The van der Waals surface area contributed by atoms with Crippen molar-refractivity contribution in [3.8, 4) is 0 Å². The topological polar surface area (TPSA) is 70.3 Å². The van der Waals surface area contributed by atoms with Crippen LogP contribution in [0.2, 0.25) is 0 Å². The number of hydrogen-bond acceptors (Lipinski definition) is 6. The summed E-state index contributed by atoms with van der Waals surface area (Å²) in [5, 5.41) is 10.4. The summed E-state index contributed by atoms with van der Waals surface area (Å²) in [5.41, 5.74) is 0.730. The summed E-state index contributed by atoms with van der Waals surface area (Å²) in [7, 11) is 4.71. The van der Waals surface area contributed by atoms with Gasteiger partial charge in [-0.1, -0.05) is 11.6 Å². The summed E-state index contributed by atoms with van der Waals surface area (Å²) in [6.45, 7) is 7.98. The number of carbonyl (C=O) groups excluding carboxylic acids is 1. The van der Waals surface area contributed by atoms with Gasteiger partial charge in [-0.05, 0) is 69.5 Å². The lowest BCUT2D eigenvalue weighted by molar-refractivity contribution is -0.127. The predicted molar refractivity (Wildman–Crippen MR) is 151 cm³/mol. The van der Waals surface area contributed by atoms with Gasteiger partial charge in [0.25, 0.3) is 0 Å². The van der Waals surface area contributed by atoms with E-state index in [2.05, 4.69) is 19.5 Å². The summed E-state index contributed by atoms with van der Waals surface area (Å²) in [5.74, 6) is -1.47. The molecule has 39 heavy (non-hydrogen) atoms. The van der Waals surface area contributed by atoms with Crippen molar-refractivity contribution in [3.05, 3.63) is 82.8 Å². The Kier molecular flexibility index (Phi) is 7.60. The molecule has 1 saturated heterocycles. The van der Waals surface area contributed by atoms with Crippen LogP contribution < -0.4 is 15.6 Å². The van der Waals surface area contributed by atoms with E-state index in [1.54, 1.807) is 31.0 Å². The summed E-state index contributed by atoms with van der Waals surface area (Å²) in [4.78, 5) is 16.4. The quantitative estimate of drug-likeness (QED) is 0.469. The number of ether oxygens (including phenoxy) is 1.